The summed E-state index contributed by atoms with van der Waals surface area (Å²) >= 11 is 4.84. The van der Waals surface area contributed by atoms with Crippen LogP contribution in [-0.4, -0.2) is 10.9 Å². The van der Waals surface area contributed by atoms with Crippen LogP contribution < -0.4 is 11.1 Å². The number of nitrogens with two attached hydrogens (primary N) is 1. The first-order valence-electron chi connectivity index (χ1n) is 6.96. The van der Waals surface area contributed by atoms with Crippen molar-refractivity contribution in [2.45, 2.75) is 38.5 Å². The number of hydrogen-bond acceptors (Lipinski definition) is 2. The van der Waals surface area contributed by atoms with Crippen molar-refractivity contribution < 1.29 is 9.18 Å². The molecule has 0 bridgehead atoms. The average Bonchev–Trinajstić information content (AvgIpc) is 2.39. The van der Waals surface area contributed by atoms with Crippen LogP contribution in [-0.2, 0) is 4.79 Å². The highest BCUT2D eigenvalue weighted by atomic mass is 32.1. The Kier molecular flexibility index (Phi) is 5.06. The lowest BCUT2D eigenvalue weighted by Crippen LogP contribution is -2.21. The summed E-state index contributed by atoms with van der Waals surface area (Å²) in [5, 5.41) is 2.73. The zero-order valence-electron chi connectivity index (χ0n) is 11.3. The highest BCUT2D eigenvalue weighted by Crippen LogP contribution is 2.27. The molecule has 0 aromatic heterocycles. The van der Waals surface area contributed by atoms with Crippen molar-refractivity contribution in [1.29, 1.82) is 0 Å². The van der Waals surface area contributed by atoms with Gasteiger partial charge in [0.2, 0.25) is 5.91 Å². The van der Waals surface area contributed by atoms with E-state index in [4.69, 9.17) is 18.0 Å². The van der Waals surface area contributed by atoms with Crippen molar-refractivity contribution in [1.82, 2.24) is 0 Å². The molecule has 3 nitrogen and oxygen atoms in total. The van der Waals surface area contributed by atoms with Gasteiger partial charge in [0.25, 0.3) is 0 Å². The van der Waals surface area contributed by atoms with E-state index in [2.05, 4.69) is 5.32 Å². The summed E-state index contributed by atoms with van der Waals surface area (Å²) in [6.45, 7) is 0. The van der Waals surface area contributed by atoms with Crippen molar-refractivity contribution in [3.8, 4) is 0 Å². The molecule has 0 saturated heterocycles. The molecule has 0 spiro atoms. The summed E-state index contributed by atoms with van der Waals surface area (Å²) in [4.78, 5) is 12.0. The SMILES string of the molecule is NC(=S)c1c(F)cccc1NC(=O)CC1CCCCC1. The molecule has 0 heterocycles. The average molecular weight is 294 g/mol. The van der Waals surface area contributed by atoms with Crippen LogP contribution in [0.1, 0.15) is 44.1 Å². The molecule has 1 fully saturated rings. The van der Waals surface area contributed by atoms with E-state index < -0.39 is 5.82 Å². The van der Waals surface area contributed by atoms with E-state index in [0.717, 1.165) is 12.8 Å². The van der Waals surface area contributed by atoms with Gasteiger partial charge in [0.1, 0.15) is 10.8 Å². The molecular formula is C15H19FN2OS. The molecule has 0 aliphatic heterocycles. The number of thiocarbonyl (C=S) groups is 1. The first kappa shape index (κ1) is 14.9. The Balaban J connectivity index is 2.04. The predicted molar refractivity (Wildman–Crippen MR) is 82.1 cm³/mol. The zero-order chi connectivity index (χ0) is 14.5. The number of benzene rings is 1. The van der Waals surface area contributed by atoms with E-state index in [-0.39, 0.29) is 16.5 Å². The Morgan fingerprint density at radius 1 is 1.35 bits per heavy atom. The lowest BCUT2D eigenvalue weighted by Gasteiger charge is -2.21. The molecule has 1 saturated carbocycles. The summed E-state index contributed by atoms with van der Waals surface area (Å²) in [5.41, 5.74) is 5.99. The number of hydrogen-bond donors (Lipinski definition) is 2. The fraction of sp³-hybridized carbons (Fsp3) is 0.467. The van der Waals surface area contributed by atoms with Crippen molar-refractivity contribution in [3.63, 3.8) is 0 Å². The van der Waals surface area contributed by atoms with Crippen molar-refractivity contribution >= 4 is 28.8 Å². The molecule has 5 heteroatoms. The van der Waals surface area contributed by atoms with Crippen LogP contribution in [0.5, 0.6) is 0 Å². The van der Waals surface area contributed by atoms with Crippen LogP contribution >= 0.6 is 12.2 Å². The quantitative estimate of drug-likeness (QED) is 0.837. The summed E-state index contributed by atoms with van der Waals surface area (Å²) in [6.07, 6.45) is 6.31. The molecule has 1 aromatic carbocycles. The molecule has 1 aromatic rings. The molecule has 1 amide bonds. The molecule has 1 aliphatic rings. The number of rotatable bonds is 4. The second-order valence-electron chi connectivity index (χ2n) is 5.28. The topological polar surface area (TPSA) is 55.1 Å². The number of nitrogens with one attached hydrogen (secondary N) is 1. The minimum Gasteiger partial charge on any atom is -0.389 e. The molecule has 108 valence electrons. The number of halogens is 1. The van der Waals surface area contributed by atoms with Crippen LogP contribution in [0.25, 0.3) is 0 Å². The minimum atomic E-state index is -0.507. The fourth-order valence-electron chi connectivity index (χ4n) is 2.73. The van der Waals surface area contributed by atoms with Gasteiger partial charge in [-0.25, -0.2) is 4.39 Å². The van der Waals surface area contributed by atoms with Crippen molar-refractivity contribution in [2.24, 2.45) is 11.7 Å². The summed E-state index contributed by atoms with van der Waals surface area (Å²) in [7, 11) is 0. The Hall–Kier alpha value is -1.49. The lowest BCUT2D eigenvalue weighted by molar-refractivity contribution is -0.117. The van der Waals surface area contributed by atoms with Gasteiger partial charge < -0.3 is 11.1 Å². The van der Waals surface area contributed by atoms with Crippen molar-refractivity contribution in [3.05, 3.63) is 29.6 Å². The standard InChI is InChI=1S/C15H19FN2OS/c16-11-7-4-8-12(14(11)15(17)20)18-13(19)9-10-5-2-1-3-6-10/h4,7-8,10H,1-3,5-6,9H2,(H2,17,20)(H,18,19). The van der Waals surface area contributed by atoms with Crippen LogP contribution in [0.15, 0.2) is 18.2 Å². The molecule has 0 atom stereocenters. The molecule has 3 N–H and O–H groups in total. The van der Waals surface area contributed by atoms with E-state index in [9.17, 15) is 9.18 Å². The third-order valence-electron chi connectivity index (χ3n) is 3.73. The normalized spacial score (nSPS) is 15.8. The van der Waals surface area contributed by atoms with Gasteiger partial charge in [0, 0.05) is 6.42 Å². The highest BCUT2D eigenvalue weighted by Gasteiger charge is 2.19. The predicted octanol–water partition coefficient (Wildman–Crippen LogP) is 3.37. The van der Waals surface area contributed by atoms with Crippen LogP contribution in [0.4, 0.5) is 10.1 Å². The van der Waals surface area contributed by atoms with E-state index >= 15 is 0 Å². The van der Waals surface area contributed by atoms with Gasteiger partial charge in [-0.15, -0.1) is 0 Å². The number of carbonyl (C=O) groups is 1. The fourth-order valence-corrected chi connectivity index (χ4v) is 2.94. The smallest absolute Gasteiger partial charge is 0.224 e. The maximum atomic E-state index is 13.7. The van der Waals surface area contributed by atoms with Crippen molar-refractivity contribution in [2.75, 3.05) is 5.32 Å². The van der Waals surface area contributed by atoms with Gasteiger partial charge in [0.05, 0.1) is 11.3 Å². The molecule has 20 heavy (non-hydrogen) atoms. The monoisotopic (exact) mass is 294 g/mol. The maximum Gasteiger partial charge on any atom is 0.224 e. The minimum absolute atomic E-state index is 0.0453. The first-order valence-corrected chi connectivity index (χ1v) is 7.37. The van der Waals surface area contributed by atoms with E-state index in [0.29, 0.717) is 18.0 Å². The van der Waals surface area contributed by atoms with Gasteiger partial charge in [-0.3, -0.25) is 4.79 Å². The third-order valence-corrected chi connectivity index (χ3v) is 3.94. The van der Waals surface area contributed by atoms with E-state index in [1.165, 1.54) is 31.4 Å². The number of carbonyl (C=O) groups excluding carboxylic acids is 1. The first-order chi connectivity index (χ1) is 9.58. The van der Waals surface area contributed by atoms with E-state index in [1.54, 1.807) is 6.07 Å². The van der Waals surface area contributed by atoms with Gasteiger partial charge in [-0.05, 0) is 30.9 Å². The van der Waals surface area contributed by atoms with E-state index in [1.807, 2.05) is 0 Å². The van der Waals surface area contributed by atoms with Gasteiger partial charge in [-0.2, -0.15) is 0 Å². The molecule has 0 unspecified atom stereocenters. The van der Waals surface area contributed by atoms with Gasteiger partial charge in [0.15, 0.2) is 0 Å². The van der Waals surface area contributed by atoms with Crippen LogP contribution in [0.3, 0.4) is 0 Å². The lowest BCUT2D eigenvalue weighted by atomic mass is 9.87. The highest BCUT2D eigenvalue weighted by molar-refractivity contribution is 7.80. The Bertz CT molecular complexity index is 513. The molecule has 1 aliphatic carbocycles. The number of anilines is 1. The second kappa shape index (κ2) is 6.79. The molecular weight excluding hydrogens is 275 g/mol. The van der Waals surface area contributed by atoms with Crippen LogP contribution in [0, 0.1) is 11.7 Å². The third kappa shape index (κ3) is 3.76. The Morgan fingerprint density at radius 2 is 2.05 bits per heavy atom. The molecule has 2 rings (SSSR count). The van der Waals surface area contributed by atoms with Gasteiger partial charge >= 0.3 is 0 Å². The Labute approximate surface area is 123 Å². The summed E-state index contributed by atoms with van der Waals surface area (Å²) < 4.78 is 13.7. The summed E-state index contributed by atoms with van der Waals surface area (Å²) in [5.74, 6) is -0.168. The largest absolute Gasteiger partial charge is 0.389 e. The summed E-state index contributed by atoms with van der Waals surface area (Å²) in [6, 6.07) is 4.44. The maximum absolute atomic E-state index is 13.7. The van der Waals surface area contributed by atoms with Crippen LogP contribution in [0.2, 0.25) is 0 Å². The zero-order valence-corrected chi connectivity index (χ0v) is 12.1. The molecule has 0 radical (unpaired) electrons. The second-order valence-corrected chi connectivity index (χ2v) is 5.72. The van der Waals surface area contributed by atoms with Gasteiger partial charge in [-0.1, -0.05) is 37.5 Å². The Morgan fingerprint density at radius 3 is 2.70 bits per heavy atom. The number of amides is 1.